The van der Waals surface area contributed by atoms with Gasteiger partial charge in [-0.3, -0.25) is 9.78 Å². The molecule has 1 aliphatic carbocycles. The summed E-state index contributed by atoms with van der Waals surface area (Å²) >= 11 is 8.18. The number of amides is 1. The third kappa shape index (κ3) is 3.69. The molecule has 0 saturated carbocycles. The predicted molar refractivity (Wildman–Crippen MR) is 128 cm³/mol. The van der Waals surface area contributed by atoms with Crippen LogP contribution in [0.3, 0.4) is 0 Å². The molecule has 1 aromatic carbocycles. The van der Waals surface area contributed by atoms with Gasteiger partial charge in [0.15, 0.2) is 11.9 Å². The molecule has 8 heteroatoms. The number of nitrogens with zero attached hydrogens (tertiary/aromatic N) is 2. The van der Waals surface area contributed by atoms with Crippen molar-refractivity contribution < 1.29 is 14.1 Å². The molecule has 1 N–H and O–H groups in total. The van der Waals surface area contributed by atoms with E-state index in [1.165, 1.54) is 12.5 Å². The number of carbonyl (C=O) groups excluding carboxylic acids is 1. The van der Waals surface area contributed by atoms with Gasteiger partial charge in [-0.25, -0.2) is 0 Å². The van der Waals surface area contributed by atoms with E-state index in [1.54, 1.807) is 17.5 Å². The van der Waals surface area contributed by atoms with Crippen LogP contribution in [-0.4, -0.2) is 16.0 Å². The molecule has 0 bridgehead atoms. The third-order valence-corrected chi connectivity index (χ3v) is 7.72. The maximum absolute atomic E-state index is 11.3. The number of fused-ring (bicyclic) bond motifs is 3. The van der Waals surface area contributed by atoms with Crippen molar-refractivity contribution in [2.24, 2.45) is 0 Å². The number of benzene rings is 1. The molecular formula is C25H22ClN3O3S. The smallest absolute Gasteiger partial charge is 0.217 e. The molecule has 4 aromatic rings. The molecule has 0 radical (unpaired) electrons. The van der Waals surface area contributed by atoms with Crippen LogP contribution in [0, 0.1) is 0 Å². The molecule has 1 aliphatic heterocycles. The maximum atomic E-state index is 11.3. The van der Waals surface area contributed by atoms with Crippen molar-refractivity contribution in [2.75, 3.05) is 0 Å². The Bertz CT molecular complexity index is 1390. The number of ether oxygens (including phenoxy) is 1. The zero-order chi connectivity index (χ0) is 22.5. The molecular weight excluding hydrogens is 458 g/mol. The van der Waals surface area contributed by atoms with Crippen LogP contribution in [0.1, 0.15) is 53.3 Å². The van der Waals surface area contributed by atoms with Gasteiger partial charge in [0.1, 0.15) is 5.75 Å². The first kappa shape index (κ1) is 20.7. The fourth-order valence-corrected chi connectivity index (χ4v) is 6.16. The van der Waals surface area contributed by atoms with Crippen molar-refractivity contribution in [1.82, 2.24) is 15.5 Å². The summed E-state index contributed by atoms with van der Waals surface area (Å²) in [5, 5.41) is 7.85. The van der Waals surface area contributed by atoms with Crippen LogP contribution in [0.4, 0.5) is 0 Å². The van der Waals surface area contributed by atoms with E-state index in [-0.39, 0.29) is 12.0 Å². The predicted octanol–water partition coefficient (Wildman–Crippen LogP) is 5.80. The standard InChI is InChI=1S/C25H22ClN3O3S/c1-13(30)28-12-16-11-21-25(33-16)17(6-7-27-21)19-10-15(26)8-14-9-22(31-23(14)19)24-18-4-2-3-5-20(18)29-32-24/h6-8,10-11,22H,2-5,9,12H2,1H3,(H,28,30)/t22-/m1/s1. The average molecular weight is 480 g/mol. The van der Waals surface area contributed by atoms with Crippen LogP contribution in [0.15, 0.2) is 35.0 Å². The summed E-state index contributed by atoms with van der Waals surface area (Å²) in [5.74, 6) is 1.65. The largest absolute Gasteiger partial charge is 0.481 e. The van der Waals surface area contributed by atoms with Gasteiger partial charge in [-0.05, 0) is 49.9 Å². The van der Waals surface area contributed by atoms with Crippen LogP contribution in [0.2, 0.25) is 5.02 Å². The van der Waals surface area contributed by atoms with Crippen molar-refractivity contribution in [1.29, 1.82) is 0 Å². The Morgan fingerprint density at radius 3 is 3.00 bits per heavy atom. The van der Waals surface area contributed by atoms with Gasteiger partial charge >= 0.3 is 0 Å². The number of aryl methyl sites for hydroxylation is 1. The molecule has 0 fully saturated rings. The number of halogens is 1. The quantitative estimate of drug-likeness (QED) is 0.400. The summed E-state index contributed by atoms with van der Waals surface area (Å²) in [6.45, 7) is 2.00. The first-order chi connectivity index (χ1) is 16.1. The van der Waals surface area contributed by atoms with E-state index in [2.05, 4.69) is 15.5 Å². The third-order valence-electron chi connectivity index (χ3n) is 6.34. The molecule has 1 atom stereocenters. The number of aromatic nitrogens is 2. The number of pyridine rings is 1. The molecule has 0 unspecified atom stereocenters. The average Bonchev–Trinajstić information content (AvgIpc) is 3.52. The Balaban J connectivity index is 1.40. The number of rotatable bonds is 4. The SMILES string of the molecule is CC(=O)NCc1cc2nccc(-c3cc(Cl)cc4c3O[C@@H](c3onc5c3CCCC5)C4)c2s1. The molecule has 6 rings (SSSR count). The molecule has 1 amide bonds. The van der Waals surface area contributed by atoms with Crippen LogP contribution < -0.4 is 10.1 Å². The second-order valence-electron chi connectivity index (χ2n) is 8.63. The Kier molecular flexibility index (Phi) is 5.11. The van der Waals surface area contributed by atoms with Gasteiger partial charge in [0, 0.05) is 51.7 Å². The molecule has 6 nitrogen and oxygen atoms in total. The first-order valence-corrected chi connectivity index (χ1v) is 12.3. The Labute approximate surface area is 199 Å². The molecule has 33 heavy (non-hydrogen) atoms. The van der Waals surface area contributed by atoms with Crippen LogP contribution in [0.25, 0.3) is 21.3 Å². The van der Waals surface area contributed by atoms with E-state index in [4.69, 9.17) is 20.9 Å². The van der Waals surface area contributed by atoms with Crippen LogP contribution in [0.5, 0.6) is 5.75 Å². The minimum Gasteiger partial charge on any atom is -0.481 e. The molecule has 0 spiro atoms. The highest BCUT2D eigenvalue weighted by Crippen LogP contribution is 2.48. The summed E-state index contributed by atoms with van der Waals surface area (Å²) in [5.41, 5.74) is 6.25. The van der Waals surface area contributed by atoms with E-state index >= 15 is 0 Å². The van der Waals surface area contributed by atoms with Gasteiger partial charge < -0.3 is 14.6 Å². The zero-order valence-electron chi connectivity index (χ0n) is 18.1. The lowest BCUT2D eigenvalue weighted by Crippen LogP contribution is -2.17. The Hall–Kier alpha value is -2.90. The molecule has 4 heterocycles. The number of hydrogen-bond donors (Lipinski definition) is 1. The van der Waals surface area contributed by atoms with E-state index in [0.717, 1.165) is 74.7 Å². The van der Waals surface area contributed by atoms with Crippen molar-refractivity contribution in [3.05, 3.63) is 62.9 Å². The summed E-state index contributed by atoms with van der Waals surface area (Å²) in [7, 11) is 0. The van der Waals surface area contributed by atoms with Gasteiger partial charge in [0.2, 0.25) is 5.91 Å². The van der Waals surface area contributed by atoms with Gasteiger partial charge in [0.05, 0.1) is 22.5 Å². The normalized spacial score (nSPS) is 17.0. The number of thiophene rings is 1. The van der Waals surface area contributed by atoms with Crippen molar-refractivity contribution in [3.8, 4) is 16.9 Å². The number of carbonyl (C=O) groups is 1. The van der Waals surface area contributed by atoms with Crippen LogP contribution in [-0.2, 0) is 30.6 Å². The molecule has 168 valence electrons. The van der Waals surface area contributed by atoms with E-state index < -0.39 is 0 Å². The van der Waals surface area contributed by atoms with E-state index in [1.807, 2.05) is 24.3 Å². The summed E-state index contributed by atoms with van der Waals surface area (Å²) in [6, 6.07) is 7.97. The lowest BCUT2D eigenvalue weighted by molar-refractivity contribution is -0.119. The van der Waals surface area contributed by atoms with Crippen molar-refractivity contribution >= 4 is 39.1 Å². The van der Waals surface area contributed by atoms with E-state index in [0.29, 0.717) is 18.0 Å². The Morgan fingerprint density at radius 2 is 2.12 bits per heavy atom. The second kappa shape index (κ2) is 8.15. The zero-order valence-corrected chi connectivity index (χ0v) is 19.7. The Morgan fingerprint density at radius 1 is 1.24 bits per heavy atom. The lowest BCUT2D eigenvalue weighted by Gasteiger charge is -2.14. The highest BCUT2D eigenvalue weighted by molar-refractivity contribution is 7.19. The van der Waals surface area contributed by atoms with Gasteiger partial charge in [-0.15, -0.1) is 11.3 Å². The fourth-order valence-electron chi connectivity index (χ4n) is 4.84. The van der Waals surface area contributed by atoms with Gasteiger partial charge in [-0.1, -0.05) is 16.8 Å². The summed E-state index contributed by atoms with van der Waals surface area (Å²) in [6.07, 6.45) is 6.61. The lowest BCUT2D eigenvalue weighted by atomic mass is 9.93. The maximum Gasteiger partial charge on any atom is 0.217 e. The fraction of sp³-hybridized carbons (Fsp3) is 0.320. The monoisotopic (exact) mass is 479 g/mol. The number of hydrogen-bond acceptors (Lipinski definition) is 6. The van der Waals surface area contributed by atoms with Gasteiger partial charge in [-0.2, -0.15) is 0 Å². The van der Waals surface area contributed by atoms with E-state index in [9.17, 15) is 4.79 Å². The highest BCUT2D eigenvalue weighted by atomic mass is 35.5. The minimum absolute atomic E-state index is 0.0534. The van der Waals surface area contributed by atoms with Gasteiger partial charge in [0.25, 0.3) is 0 Å². The molecule has 3 aromatic heterocycles. The summed E-state index contributed by atoms with van der Waals surface area (Å²) < 4.78 is 13.4. The van der Waals surface area contributed by atoms with Crippen molar-refractivity contribution in [3.63, 3.8) is 0 Å². The number of nitrogens with one attached hydrogen (secondary N) is 1. The second-order valence-corrected chi connectivity index (χ2v) is 10.2. The molecule has 0 saturated heterocycles. The van der Waals surface area contributed by atoms with Crippen molar-refractivity contribution in [2.45, 2.75) is 51.7 Å². The first-order valence-electron chi connectivity index (χ1n) is 11.2. The summed E-state index contributed by atoms with van der Waals surface area (Å²) in [4.78, 5) is 16.9. The molecule has 2 aliphatic rings. The minimum atomic E-state index is -0.192. The topological polar surface area (TPSA) is 77.2 Å². The highest BCUT2D eigenvalue weighted by Gasteiger charge is 2.34. The van der Waals surface area contributed by atoms with Crippen LogP contribution >= 0.6 is 22.9 Å².